The minimum Gasteiger partial charge on any atom is -0.368 e. The SMILES string of the molecule is CCCN(CCC)C(=O)CCCC(=O)NCc1ccc(C(=O)NCC(N)=O)cc1. The summed E-state index contributed by atoms with van der Waals surface area (Å²) in [5.74, 6) is -1.00. The Hall–Kier alpha value is -2.90. The molecule has 4 N–H and O–H groups in total. The van der Waals surface area contributed by atoms with Crippen LogP contribution >= 0.6 is 0 Å². The highest BCUT2D eigenvalue weighted by atomic mass is 16.2. The first-order chi connectivity index (χ1) is 13.9. The van der Waals surface area contributed by atoms with Crippen molar-refractivity contribution in [1.29, 1.82) is 0 Å². The van der Waals surface area contributed by atoms with Gasteiger partial charge in [-0.15, -0.1) is 0 Å². The largest absolute Gasteiger partial charge is 0.368 e. The first-order valence-corrected chi connectivity index (χ1v) is 10.1. The van der Waals surface area contributed by atoms with Crippen molar-refractivity contribution in [2.24, 2.45) is 5.73 Å². The molecule has 0 atom stereocenters. The summed E-state index contributed by atoms with van der Waals surface area (Å²) < 4.78 is 0. The number of carbonyl (C=O) groups is 4. The topological polar surface area (TPSA) is 122 Å². The molecule has 29 heavy (non-hydrogen) atoms. The number of nitrogens with one attached hydrogen (secondary N) is 2. The van der Waals surface area contributed by atoms with E-state index < -0.39 is 5.91 Å². The van der Waals surface area contributed by atoms with Crippen LogP contribution in [0.2, 0.25) is 0 Å². The van der Waals surface area contributed by atoms with Crippen molar-refractivity contribution in [2.75, 3.05) is 19.6 Å². The van der Waals surface area contributed by atoms with Gasteiger partial charge in [-0.25, -0.2) is 0 Å². The zero-order valence-electron chi connectivity index (χ0n) is 17.3. The van der Waals surface area contributed by atoms with Crippen LogP contribution in [0.4, 0.5) is 0 Å². The molecule has 1 rings (SSSR count). The zero-order chi connectivity index (χ0) is 21.6. The molecule has 0 aromatic heterocycles. The van der Waals surface area contributed by atoms with E-state index in [4.69, 9.17) is 5.73 Å². The molecule has 8 nitrogen and oxygen atoms in total. The van der Waals surface area contributed by atoms with E-state index in [2.05, 4.69) is 10.6 Å². The lowest BCUT2D eigenvalue weighted by atomic mass is 10.1. The molecule has 1 aromatic carbocycles. The quantitative estimate of drug-likeness (QED) is 0.459. The van der Waals surface area contributed by atoms with Crippen LogP contribution in [0, 0.1) is 0 Å². The van der Waals surface area contributed by atoms with E-state index in [1.165, 1.54) is 0 Å². The fourth-order valence-corrected chi connectivity index (χ4v) is 2.79. The van der Waals surface area contributed by atoms with Crippen molar-refractivity contribution in [3.63, 3.8) is 0 Å². The van der Waals surface area contributed by atoms with Crippen molar-refractivity contribution < 1.29 is 19.2 Å². The number of hydrogen-bond acceptors (Lipinski definition) is 4. The fraction of sp³-hybridized carbons (Fsp3) is 0.524. The number of rotatable bonds is 13. The Morgan fingerprint density at radius 2 is 1.55 bits per heavy atom. The van der Waals surface area contributed by atoms with Gasteiger partial charge >= 0.3 is 0 Å². The summed E-state index contributed by atoms with van der Waals surface area (Å²) in [6.07, 6.45) is 3.05. The number of nitrogens with zero attached hydrogens (tertiary/aromatic N) is 1. The molecule has 0 aliphatic rings. The number of hydrogen-bond donors (Lipinski definition) is 3. The number of nitrogens with two attached hydrogens (primary N) is 1. The molecule has 1 aromatic rings. The first-order valence-electron chi connectivity index (χ1n) is 10.1. The molecule has 0 saturated heterocycles. The molecule has 0 fully saturated rings. The number of primary amides is 1. The maximum atomic E-state index is 12.2. The molecule has 4 amide bonds. The Morgan fingerprint density at radius 3 is 2.10 bits per heavy atom. The van der Waals surface area contributed by atoms with E-state index >= 15 is 0 Å². The lowest BCUT2D eigenvalue weighted by Crippen LogP contribution is -2.33. The van der Waals surface area contributed by atoms with Gasteiger partial charge < -0.3 is 21.3 Å². The van der Waals surface area contributed by atoms with Gasteiger partial charge in [0, 0.05) is 38.0 Å². The van der Waals surface area contributed by atoms with Crippen molar-refractivity contribution in [3.8, 4) is 0 Å². The van der Waals surface area contributed by atoms with Gasteiger partial charge in [0.2, 0.25) is 17.7 Å². The Labute approximate surface area is 172 Å². The van der Waals surface area contributed by atoms with Crippen LogP contribution in [0.5, 0.6) is 0 Å². The second-order valence-electron chi connectivity index (χ2n) is 6.86. The molecule has 8 heteroatoms. The summed E-state index contributed by atoms with van der Waals surface area (Å²) in [6.45, 7) is 5.74. The Bertz CT molecular complexity index is 682. The van der Waals surface area contributed by atoms with Crippen LogP contribution in [0.3, 0.4) is 0 Å². The molecule has 0 unspecified atom stereocenters. The van der Waals surface area contributed by atoms with Gasteiger partial charge in [-0.1, -0.05) is 26.0 Å². The molecule has 0 heterocycles. The summed E-state index contributed by atoms with van der Waals surface area (Å²) in [7, 11) is 0. The van der Waals surface area contributed by atoms with Gasteiger partial charge in [0.1, 0.15) is 0 Å². The lowest BCUT2D eigenvalue weighted by molar-refractivity contribution is -0.131. The van der Waals surface area contributed by atoms with Crippen molar-refractivity contribution >= 4 is 23.6 Å². The maximum absolute atomic E-state index is 12.2. The molecule has 0 aliphatic carbocycles. The number of benzene rings is 1. The van der Waals surface area contributed by atoms with Crippen molar-refractivity contribution in [2.45, 2.75) is 52.5 Å². The van der Waals surface area contributed by atoms with E-state index in [9.17, 15) is 19.2 Å². The van der Waals surface area contributed by atoms with E-state index in [0.29, 0.717) is 31.4 Å². The monoisotopic (exact) mass is 404 g/mol. The van der Waals surface area contributed by atoms with Gasteiger partial charge in [-0.2, -0.15) is 0 Å². The highest BCUT2D eigenvalue weighted by Crippen LogP contribution is 2.06. The molecule has 160 valence electrons. The first kappa shape index (κ1) is 24.1. The van der Waals surface area contributed by atoms with Gasteiger partial charge in [0.15, 0.2) is 0 Å². The maximum Gasteiger partial charge on any atom is 0.251 e. The van der Waals surface area contributed by atoms with Crippen LogP contribution < -0.4 is 16.4 Å². The van der Waals surface area contributed by atoms with E-state index in [1.807, 2.05) is 18.7 Å². The van der Waals surface area contributed by atoms with Gasteiger partial charge in [-0.05, 0) is 37.0 Å². The summed E-state index contributed by atoms with van der Waals surface area (Å²) >= 11 is 0. The summed E-state index contributed by atoms with van der Waals surface area (Å²) in [6, 6.07) is 6.70. The standard InChI is InChI=1S/C21H32N4O4/c1-3-12-25(13-4-2)20(28)7-5-6-19(27)23-14-16-8-10-17(11-9-16)21(29)24-15-18(22)26/h8-11H,3-7,12-15H2,1-2H3,(H2,22,26)(H,23,27)(H,24,29). The minimum absolute atomic E-state index is 0.103. The third-order valence-electron chi connectivity index (χ3n) is 4.26. The smallest absolute Gasteiger partial charge is 0.251 e. The van der Waals surface area contributed by atoms with E-state index in [0.717, 1.165) is 31.5 Å². The molecular formula is C21H32N4O4. The predicted molar refractivity (Wildman–Crippen MR) is 111 cm³/mol. The predicted octanol–water partition coefficient (Wildman–Crippen LogP) is 1.34. The van der Waals surface area contributed by atoms with Gasteiger partial charge in [0.25, 0.3) is 5.91 Å². The molecular weight excluding hydrogens is 372 g/mol. The third-order valence-corrected chi connectivity index (χ3v) is 4.26. The molecule has 0 aliphatic heterocycles. The van der Waals surface area contributed by atoms with Crippen LogP contribution in [-0.2, 0) is 20.9 Å². The van der Waals surface area contributed by atoms with Crippen LogP contribution in [0.15, 0.2) is 24.3 Å². The summed E-state index contributed by atoms with van der Waals surface area (Å²) in [4.78, 5) is 48.5. The van der Waals surface area contributed by atoms with Crippen LogP contribution in [0.25, 0.3) is 0 Å². The zero-order valence-corrected chi connectivity index (χ0v) is 17.3. The summed E-state index contributed by atoms with van der Waals surface area (Å²) in [5.41, 5.74) is 6.24. The number of amides is 4. The van der Waals surface area contributed by atoms with E-state index in [1.54, 1.807) is 24.3 Å². The van der Waals surface area contributed by atoms with Gasteiger partial charge in [0.05, 0.1) is 6.54 Å². The Balaban J connectivity index is 2.34. The molecule has 0 saturated carbocycles. The molecule has 0 bridgehead atoms. The second-order valence-corrected chi connectivity index (χ2v) is 6.86. The van der Waals surface area contributed by atoms with Gasteiger partial charge in [-0.3, -0.25) is 19.2 Å². The molecule has 0 spiro atoms. The van der Waals surface area contributed by atoms with Crippen LogP contribution in [-0.4, -0.2) is 48.2 Å². The lowest BCUT2D eigenvalue weighted by Gasteiger charge is -2.21. The highest BCUT2D eigenvalue weighted by molar-refractivity contribution is 5.96. The average Bonchev–Trinajstić information content (AvgIpc) is 2.70. The van der Waals surface area contributed by atoms with E-state index in [-0.39, 0.29) is 24.3 Å². The fourth-order valence-electron chi connectivity index (χ4n) is 2.79. The molecule has 0 radical (unpaired) electrons. The summed E-state index contributed by atoms with van der Waals surface area (Å²) in [5, 5.41) is 5.23. The third kappa shape index (κ3) is 9.73. The van der Waals surface area contributed by atoms with Crippen LogP contribution in [0.1, 0.15) is 61.9 Å². The van der Waals surface area contributed by atoms with Crippen molar-refractivity contribution in [1.82, 2.24) is 15.5 Å². The Kier molecular flexibility index (Phi) is 11.1. The minimum atomic E-state index is -0.609. The highest BCUT2D eigenvalue weighted by Gasteiger charge is 2.12. The average molecular weight is 405 g/mol. The van der Waals surface area contributed by atoms with Crippen molar-refractivity contribution in [3.05, 3.63) is 35.4 Å². The second kappa shape index (κ2) is 13.3. The number of carbonyl (C=O) groups excluding carboxylic acids is 4. The normalized spacial score (nSPS) is 10.3. The Morgan fingerprint density at radius 1 is 0.931 bits per heavy atom.